The normalized spacial score (nSPS) is 10.9. The van der Waals surface area contributed by atoms with E-state index in [2.05, 4.69) is 20.8 Å². The van der Waals surface area contributed by atoms with E-state index in [0.717, 1.165) is 0 Å². The number of H-pyrrole nitrogens is 2. The Balaban J connectivity index is 1.58. The van der Waals surface area contributed by atoms with Crippen molar-refractivity contribution >= 4 is 56.8 Å². The average molecular weight is 443 g/mol. The zero-order valence-electron chi connectivity index (χ0n) is 15.0. The molecule has 0 fully saturated rings. The monoisotopic (exact) mass is 442 g/mol. The molecule has 4 aromatic rings. The highest BCUT2D eigenvalue weighted by Crippen LogP contribution is 2.18. The van der Waals surface area contributed by atoms with E-state index in [1.807, 2.05) is 0 Å². The molecule has 0 aliphatic carbocycles. The van der Waals surface area contributed by atoms with Crippen LogP contribution < -0.4 is 21.7 Å². The van der Waals surface area contributed by atoms with Crippen molar-refractivity contribution in [3.05, 3.63) is 90.4 Å². The van der Waals surface area contributed by atoms with Crippen molar-refractivity contribution in [3.63, 3.8) is 0 Å². The summed E-state index contributed by atoms with van der Waals surface area (Å²) in [5.74, 6) is -1.71. The summed E-state index contributed by atoms with van der Waals surface area (Å²) in [6, 6.07) is 9.37. The first-order valence-corrected chi connectivity index (χ1v) is 9.34. The van der Waals surface area contributed by atoms with E-state index >= 15 is 0 Å². The highest BCUT2D eigenvalue weighted by atomic mass is 35.5. The third kappa shape index (κ3) is 3.42. The summed E-state index contributed by atoms with van der Waals surface area (Å²) in [7, 11) is 0. The van der Waals surface area contributed by atoms with Crippen LogP contribution in [-0.2, 0) is 0 Å². The molecule has 150 valence electrons. The summed E-state index contributed by atoms with van der Waals surface area (Å²) < 4.78 is 0. The Morgan fingerprint density at radius 2 is 1.43 bits per heavy atom. The number of aromatic nitrogens is 2. The Labute approximate surface area is 177 Å². The van der Waals surface area contributed by atoms with Gasteiger partial charge in [-0.3, -0.25) is 30.0 Å². The van der Waals surface area contributed by atoms with Crippen molar-refractivity contribution in [2.45, 2.75) is 0 Å². The standard InChI is InChI=1S/C20H12Cl2N4O4/c21-9-4-5-15-11(6-9)18(28)12(7-23-15)19(29)25-26-20(30)13-8-24-16-10(17(13)27)2-1-3-14(16)22/h1-8H,(H,23,28)(H,24,27)(H,25,29)(H,26,30). The number of fused-ring (bicyclic) bond motifs is 2. The molecule has 0 atom stereocenters. The molecule has 0 aliphatic rings. The highest BCUT2D eigenvalue weighted by Gasteiger charge is 2.17. The third-order valence-electron chi connectivity index (χ3n) is 4.49. The molecule has 30 heavy (non-hydrogen) atoms. The van der Waals surface area contributed by atoms with Gasteiger partial charge in [0.2, 0.25) is 10.9 Å². The largest absolute Gasteiger partial charge is 0.360 e. The number of para-hydroxylation sites is 1. The summed E-state index contributed by atoms with van der Waals surface area (Å²) >= 11 is 11.9. The zero-order chi connectivity index (χ0) is 21.4. The summed E-state index contributed by atoms with van der Waals surface area (Å²) in [6.07, 6.45) is 2.42. The van der Waals surface area contributed by atoms with Crippen LogP contribution in [-0.4, -0.2) is 21.8 Å². The number of hydrogen-bond acceptors (Lipinski definition) is 4. The lowest BCUT2D eigenvalue weighted by Crippen LogP contribution is -2.44. The quantitative estimate of drug-likeness (QED) is 0.356. The molecule has 10 heteroatoms. The van der Waals surface area contributed by atoms with Gasteiger partial charge in [0, 0.05) is 33.7 Å². The molecule has 4 rings (SSSR count). The molecule has 2 aromatic carbocycles. The Hall–Kier alpha value is -3.62. The van der Waals surface area contributed by atoms with E-state index in [1.165, 1.54) is 24.5 Å². The summed E-state index contributed by atoms with van der Waals surface area (Å²) in [4.78, 5) is 55.5. The molecule has 0 aliphatic heterocycles. The predicted octanol–water partition coefficient (Wildman–Crippen LogP) is 2.75. The van der Waals surface area contributed by atoms with Gasteiger partial charge in [0.05, 0.1) is 10.5 Å². The maximum atomic E-state index is 12.5. The second kappa shape index (κ2) is 7.66. The molecule has 0 radical (unpaired) electrons. The van der Waals surface area contributed by atoms with E-state index in [1.54, 1.807) is 24.3 Å². The molecule has 2 amide bonds. The van der Waals surface area contributed by atoms with Gasteiger partial charge in [-0.25, -0.2) is 0 Å². The lowest BCUT2D eigenvalue weighted by Gasteiger charge is -2.08. The van der Waals surface area contributed by atoms with E-state index in [9.17, 15) is 19.2 Å². The fourth-order valence-electron chi connectivity index (χ4n) is 2.99. The number of carbonyl (C=O) groups excluding carboxylic acids is 2. The van der Waals surface area contributed by atoms with Gasteiger partial charge in [-0.2, -0.15) is 0 Å². The lowest BCUT2D eigenvalue weighted by molar-refractivity contribution is 0.0845. The van der Waals surface area contributed by atoms with E-state index in [-0.39, 0.29) is 21.9 Å². The lowest BCUT2D eigenvalue weighted by atomic mass is 10.1. The number of nitrogens with one attached hydrogen (secondary N) is 4. The van der Waals surface area contributed by atoms with E-state index in [4.69, 9.17) is 23.2 Å². The number of amides is 2. The zero-order valence-corrected chi connectivity index (χ0v) is 16.5. The number of carbonyl (C=O) groups is 2. The number of rotatable bonds is 2. The molecule has 0 spiro atoms. The molecular formula is C20H12Cl2N4O4. The number of aromatic amines is 2. The number of pyridine rings is 2. The fourth-order valence-corrected chi connectivity index (χ4v) is 3.39. The molecule has 2 heterocycles. The molecule has 0 saturated heterocycles. The van der Waals surface area contributed by atoms with E-state index < -0.39 is 22.7 Å². The predicted molar refractivity (Wildman–Crippen MR) is 114 cm³/mol. The fraction of sp³-hybridized carbons (Fsp3) is 0. The first kappa shape index (κ1) is 19.7. The Morgan fingerprint density at radius 3 is 2.13 bits per heavy atom. The summed E-state index contributed by atoms with van der Waals surface area (Å²) in [6.45, 7) is 0. The van der Waals surface area contributed by atoms with Crippen LogP contribution in [0.3, 0.4) is 0 Å². The molecule has 0 bridgehead atoms. The first-order chi connectivity index (χ1) is 14.4. The molecular weight excluding hydrogens is 431 g/mol. The van der Waals surface area contributed by atoms with Crippen LogP contribution in [0, 0.1) is 0 Å². The van der Waals surface area contributed by atoms with Crippen LogP contribution in [0.4, 0.5) is 0 Å². The Bertz CT molecular complexity index is 1420. The SMILES string of the molecule is O=C(NNC(=O)c1c[nH]c2c(Cl)cccc2c1=O)c1c[nH]c2ccc(Cl)cc2c1=O. The van der Waals surface area contributed by atoms with Crippen molar-refractivity contribution in [1.29, 1.82) is 0 Å². The van der Waals surface area contributed by atoms with Crippen molar-refractivity contribution < 1.29 is 9.59 Å². The molecule has 4 N–H and O–H groups in total. The van der Waals surface area contributed by atoms with Crippen molar-refractivity contribution in [3.8, 4) is 0 Å². The van der Waals surface area contributed by atoms with Crippen molar-refractivity contribution in [2.75, 3.05) is 0 Å². The maximum absolute atomic E-state index is 12.5. The molecule has 2 aromatic heterocycles. The average Bonchev–Trinajstić information content (AvgIpc) is 2.73. The first-order valence-electron chi connectivity index (χ1n) is 8.58. The second-order valence-corrected chi connectivity index (χ2v) is 7.17. The van der Waals surface area contributed by atoms with Gasteiger partial charge in [-0.15, -0.1) is 0 Å². The van der Waals surface area contributed by atoms with E-state index in [0.29, 0.717) is 21.1 Å². The van der Waals surface area contributed by atoms with Gasteiger partial charge in [0.1, 0.15) is 11.1 Å². The minimum Gasteiger partial charge on any atom is -0.360 e. The number of benzene rings is 2. The Morgan fingerprint density at radius 1 is 0.800 bits per heavy atom. The van der Waals surface area contributed by atoms with Gasteiger partial charge in [0.25, 0.3) is 11.8 Å². The Kier molecular flexibility index (Phi) is 5.03. The summed E-state index contributed by atoms with van der Waals surface area (Å²) in [5, 5.41) is 1.13. The molecule has 8 nitrogen and oxygen atoms in total. The van der Waals surface area contributed by atoms with Gasteiger partial charge in [-0.1, -0.05) is 29.3 Å². The number of hydrogen-bond donors (Lipinski definition) is 4. The molecule has 0 unspecified atom stereocenters. The second-order valence-electron chi connectivity index (χ2n) is 6.32. The number of halogens is 2. The minimum absolute atomic E-state index is 0.226. The van der Waals surface area contributed by atoms with Crippen LogP contribution in [0.15, 0.2) is 58.4 Å². The van der Waals surface area contributed by atoms with Crippen LogP contribution in [0.25, 0.3) is 21.8 Å². The van der Waals surface area contributed by atoms with Crippen LogP contribution in [0.2, 0.25) is 10.0 Å². The molecule has 0 saturated carbocycles. The van der Waals surface area contributed by atoms with Gasteiger partial charge >= 0.3 is 0 Å². The topological polar surface area (TPSA) is 124 Å². The smallest absolute Gasteiger partial charge is 0.275 e. The maximum Gasteiger partial charge on any atom is 0.275 e. The summed E-state index contributed by atoms with van der Waals surface area (Å²) in [5.41, 5.74) is 3.59. The van der Waals surface area contributed by atoms with Gasteiger partial charge in [-0.05, 0) is 30.3 Å². The van der Waals surface area contributed by atoms with Crippen molar-refractivity contribution in [2.24, 2.45) is 0 Å². The minimum atomic E-state index is -0.855. The highest BCUT2D eigenvalue weighted by molar-refractivity contribution is 6.35. The third-order valence-corrected chi connectivity index (χ3v) is 5.04. The van der Waals surface area contributed by atoms with Gasteiger partial charge in [0.15, 0.2) is 0 Å². The van der Waals surface area contributed by atoms with Gasteiger partial charge < -0.3 is 9.97 Å². The van der Waals surface area contributed by atoms with Crippen LogP contribution in [0.1, 0.15) is 20.7 Å². The van der Waals surface area contributed by atoms with Crippen molar-refractivity contribution in [1.82, 2.24) is 20.8 Å². The van der Waals surface area contributed by atoms with Crippen LogP contribution >= 0.6 is 23.2 Å². The van der Waals surface area contributed by atoms with Crippen LogP contribution in [0.5, 0.6) is 0 Å². The number of hydrazine groups is 1.